The van der Waals surface area contributed by atoms with Crippen molar-refractivity contribution in [2.24, 2.45) is 0 Å². The molecule has 4 N–H and O–H groups in total. The Morgan fingerprint density at radius 3 is 2.86 bits per heavy atom. The van der Waals surface area contributed by atoms with E-state index in [1.807, 2.05) is 6.07 Å². The first-order chi connectivity index (χ1) is 17.4. The van der Waals surface area contributed by atoms with Gasteiger partial charge in [-0.25, -0.2) is 9.07 Å². The summed E-state index contributed by atoms with van der Waals surface area (Å²) in [7, 11) is 0. The number of carbonyl (C=O) groups is 2. The molecule has 0 radical (unpaired) electrons. The van der Waals surface area contributed by atoms with Crippen molar-refractivity contribution >= 4 is 29.2 Å². The van der Waals surface area contributed by atoms with Crippen LogP contribution in [-0.2, 0) is 11.3 Å². The van der Waals surface area contributed by atoms with E-state index in [-0.39, 0.29) is 24.8 Å². The van der Waals surface area contributed by atoms with Crippen molar-refractivity contribution in [3.8, 4) is 11.1 Å². The van der Waals surface area contributed by atoms with E-state index in [4.69, 9.17) is 0 Å². The predicted octanol–water partition coefficient (Wildman–Crippen LogP) is 3.00. The van der Waals surface area contributed by atoms with Crippen molar-refractivity contribution in [3.05, 3.63) is 89.3 Å². The number of benzene rings is 2. The van der Waals surface area contributed by atoms with Crippen LogP contribution in [0.25, 0.3) is 22.8 Å². The molecule has 2 aromatic heterocycles. The summed E-state index contributed by atoms with van der Waals surface area (Å²) in [5, 5.41) is 23.3. The molecule has 2 amide bonds. The van der Waals surface area contributed by atoms with E-state index < -0.39 is 12.0 Å². The maximum absolute atomic E-state index is 13.9. The summed E-state index contributed by atoms with van der Waals surface area (Å²) in [6, 6.07) is 13.3. The molecule has 5 rings (SSSR count). The van der Waals surface area contributed by atoms with Crippen LogP contribution in [0.4, 0.5) is 10.1 Å². The van der Waals surface area contributed by atoms with Gasteiger partial charge in [-0.3, -0.25) is 9.59 Å². The molecule has 36 heavy (non-hydrogen) atoms. The van der Waals surface area contributed by atoms with E-state index in [9.17, 15) is 19.1 Å². The molecule has 0 saturated heterocycles. The molecule has 0 bridgehead atoms. The molecular formula is C26H23FN6O3. The summed E-state index contributed by atoms with van der Waals surface area (Å²) >= 11 is 0. The second-order valence-corrected chi connectivity index (χ2v) is 8.52. The van der Waals surface area contributed by atoms with Crippen molar-refractivity contribution in [1.29, 1.82) is 0 Å². The van der Waals surface area contributed by atoms with E-state index in [1.165, 1.54) is 23.0 Å². The standard InChI is InChI=1S/C26H23FN6O3/c1-15-10-20(25(35)28-13-18(34)14-33-9-8-29-32-33)23(30-15)12-21-24-19(16-4-2-5-17(27)11-16)6-3-7-22(24)31-26(21)36/h2-12,18,30,34H,13-14H2,1H3,(H,28,35)(H,31,36)/b21-12-. The van der Waals surface area contributed by atoms with Crippen LogP contribution in [0, 0.1) is 12.7 Å². The lowest BCUT2D eigenvalue weighted by Crippen LogP contribution is -2.34. The molecule has 10 heteroatoms. The normalized spacial score (nSPS) is 14.5. The number of aryl methyl sites for hydroxylation is 1. The Bertz CT molecular complexity index is 1470. The lowest BCUT2D eigenvalue weighted by molar-refractivity contribution is -0.110. The molecule has 1 atom stereocenters. The molecule has 1 aliphatic heterocycles. The van der Waals surface area contributed by atoms with Gasteiger partial charge in [0.2, 0.25) is 0 Å². The first-order valence-electron chi connectivity index (χ1n) is 11.3. The highest BCUT2D eigenvalue weighted by Crippen LogP contribution is 2.40. The number of aliphatic hydroxyl groups excluding tert-OH is 1. The SMILES string of the molecule is Cc1cc(C(=O)NCC(O)Cn2ccnn2)c(/C=C2\C(=O)Nc3cccc(-c4cccc(F)c4)c32)[nH]1. The second-order valence-electron chi connectivity index (χ2n) is 8.52. The van der Waals surface area contributed by atoms with Crippen molar-refractivity contribution in [3.63, 3.8) is 0 Å². The number of aromatic nitrogens is 4. The Morgan fingerprint density at radius 2 is 2.08 bits per heavy atom. The zero-order valence-electron chi connectivity index (χ0n) is 19.3. The number of H-pyrrole nitrogens is 1. The maximum atomic E-state index is 13.9. The minimum atomic E-state index is -0.862. The largest absolute Gasteiger partial charge is 0.389 e. The van der Waals surface area contributed by atoms with Crippen LogP contribution in [-0.4, -0.2) is 49.5 Å². The molecule has 0 aliphatic carbocycles. The highest BCUT2D eigenvalue weighted by molar-refractivity contribution is 6.36. The first-order valence-corrected chi connectivity index (χ1v) is 11.3. The third kappa shape index (κ3) is 4.66. The van der Waals surface area contributed by atoms with E-state index >= 15 is 0 Å². The monoisotopic (exact) mass is 486 g/mol. The number of aromatic amines is 1. The molecule has 0 spiro atoms. The molecule has 3 heterocycles. The second kappa shape index (κ2) is 9.59. The smallest absolute Gasteiger partial charge is 0.256 e. The number of hydrogen-bond acceptors (Lipinski definition) is 5. The summed E-state index contributed by atoms with van der Waals surface area (Å²) in [5.74, 6) is -1.10. The molecule has 182 valence electrons. The van der Waals surface area contributed by atoms with E-state index in [1.54, 1.807) is 49.5 Å². The summed E-state index contributed by atoms with van der Waals surface area (Å²) < 4.78 is 15.4. The van der Waals surface area contributed by atoms with Gasteiger partial charge in [-0.15, -0.1) is 5.10 Å². The van der Waals surface area contributed by atoms with Gasteiger partial charge >= 0.3 is 0 Å². The van der Waals surface area contributed by atoms with Crippen molar-refractivity contribution in [1.82, 2.24) is 25.3 Å². The minimum absolute atomic E-state index is 0.00592. The maximum Gasteiger partial charge on any atom is 0.256 e. The Balaban J connectivity index is 1.44. The van der Waals surface area contributed by atoms with Gasteiger partial charge < -0.3 is 20.7 Å². The lowest BCUT2D eigenvalue weighted by Gasteiger charge is -2.12. The van der Waals surface area contributed by atoms with E-state index in [0.717, 1.165) is 5.69 Å². The van der Waals surface area contributed by atoms with Crippen molar-refractivity contribution < 1.29 is 19.1 Å². The van der Waals surface area contributed by atoms with Gasteiger partial charge in [-0.05, 0) is 48.4 Å². The number of amides is 2. The molecular weight excluding hydrogens is 463 g/mol. The van der Waals surface area contributed by atoms with Crippen LogP contribution in [0.1, 0.15) is 27.3 Å². The van der Waals surface area contributed by atoms with Gasteiger partial charge in [0.25, 0.3) is 11.8 Å². The summed E-state index contributed by atoms with van der Waals surface area (Å²) in [4.78, 5) is 29.0. The van der Waals surface area contributed by atoms with E-state index in [0.29, 0.717) is 39.2 Å². The molecule has 0 saturated carbocycles. The molecule has 9 nitrogen and oxygen atoms in total. The molecule has 1 aliphatic rings. The van der Waals surface area contributed by atoms with E-state index in [2.05, 4.69) is 25.9 Å². The van der Waals surface area contributed by atoms with Gasteiger partial charge in [0.15, 0.2) is 0 Å². The number of hydrogen-bond donors (Lipinski definition) is 4. The Kier molecular flexibility index (Phi) is 6.17. The number of carbonyl (C=O) groups excluding carboxylic acids is 2. The van der Waals surface area contributed by atoms with Gasteiger partial charge in [-0.2, -0.15) is 0 Å². The number of aliphatic hydroxyl groups is 1. The fourth-order valence-corrected chi connectivity index (χ4v) is 4.26. The Labute approximate surface area is 205 Å². The third-order valence-electron chi connectivity index (χ3n) is 5.85. The van der Waals surface area contributed by atoms with Gasteiger partial charge in [-0.1, -0.05) is 29.5 Å². The number of nitrogens with zero attached hydrogens (tertiary/aromatic N) is 3. The zero-order chi connectivity index (χ0) is 25.2. The summed E-state index contributed by atoms with van der Waals surface area (Å²) in [6.07, 6.45) is 3.88. The van der Waals surface area contributed by atoms with Gasteiger partial charge in [0.05, 0.1) is 35.7 Å². The van der Waals surface area contributed by atoms with Crippen molar-refractivity contribution in [2.75, 3.05) is 11.9 Å². The average molecular weight is 487 g/mol. The van der Waals surface area contributed by atoms with Crippen LogP contribution in [0.15, 0.2) is 60.9 Å². The molecule has 0 fully saturated rings. The number of halogens is 1. The predicted molar refractivity (Wildman–Crippen MR) is 132 cm³/mol. The van der Waals surface area contributed by atoms with Crippen LogP contribution in [0.3, 0.4) is 0 Å². The zero-order valence-corrected chi connectivity index (χ0v) is 19.3. The highest BCUT2D eigenvalue weighted by Gasteiger charge is 2.28. The quantitative estimate of drug-likeness (QED) is 0.299. The summed E-state index contributed by atoms with van der Waals surface area (Å²) in [5.41, 5.74) is 4.44. The first kappa shape index (κ1) is 23.2. The fourth-order valence-electron chi connectivity index (χ4n) is 4.26. The van der Waals surface area contributed by atoms with Crippen LogP contribution < -0.4 is 10.6 Å². The van der Waals surface area contributed by atoms with Crippen LogP contribution in [0.2, 0.25) is 0 Å². The van der Waals surface area contributed by atoms with Gasteiger partial charge in [0, 0.05) is 29.7 Å². The minimum Gasteiger partial charge on any atom is -0.389 e. The highest BCUT2D eigenvalue weighted by atomic mass is 19.1. The summed E-state index contributed by atoms with van der Waals surface area (Å²) in [6.45, 7) is 1.99. The van der Waals surface area contributed by atoms with Crippen LogP contribution >= 0.6 is 0 Å². The molecule has 2 aromatic carbocycles. The third-order valence-corrected chi connectivity index (χ3v) is 5.85. The topological polar surface area (TPSA) is 125 Å². The average Bonchev–Trinajstić information content (AvgIpc) is 3.57. The fraction of sp³-hybridized carbons (Fsp3) is 0.154. The van der Waals surface area contributed by atoms with Crippen LogP contribution in [0.5, 0.6) is 0 Å². The number of fused-ring (bicyclic) bond motifs is 1. The molecule has 1 unspecified atom stereocenters. The number of nitrogens with one attached hydrogen (secondary N) is 3. The number of rotatable bonds is 7. The number of anilines is 1. The van der Waals surface area contributed by atoms with Gasteiger partial charge in [0.1, 0.15) is 5.82 Å². The van der Waals surface area contributed by atoms with Crippen molar-refractivity contribution in [2.45, 2.75) is 19.6 Å². The Morgan fingerprint density at radius 1 is 1.25 bits per heavy atom. The molecule has 4 aromatic rings. The Hall–Kier alpha value is -4.57. The lowest BCUT2D eigenvalue weighted by atomic mass is 9.94.